The third kappa shape index (κ3) is 5.97. The molecule has 1 aromatic carbocycles. The smallest absolute Gasteiger partial charge is 0.383 e. The van der Waals surface area contributed by atoms with E-state index in [4.69, 9.17) is 5.73 Å². The highest BCUT2D eigenvalue weighted by Gasteiger charge is 2.34. The van der Waals surface area contributed by atoms with E-state index in [-0.39, 0.29) is 11.5 Å². The molecule has 0 aliphatic carbocycles. The van der Waals surface area contributed by atoms with E-state index in [9.17, 15) is 18.0 Å². The van der Waals surface area contributed by atoms with E-state index in [1.165, 1.54) is 24.6 Å². The van der Waals surface area contributed by atoms with Gasteiger partial charge in [-0.1, -0.05) is 37.1 Å². The van der Waals surface area contributed by atoms with Crippen LogP contribution in [0, 0.1) is 5.92 Å². The topological polar surface area (TPSA) is 92.6 Å². The lowest BCUT2D eigenvalue weighted by molar-refractivity contribution is -0.137. The van der Waals surface area contributed by atoms with Crippen LogP contribution in [0.2, 0.25) is 0 Å². The minimum atomic E-state index is -4.61. The molecule has 1 amide bonds. The average Bonchev–Trinajstić information content (AvgIpc) is 3.21. The number of pyridine rings is 1. The number of likely N-dealkylation sites (tertiary alicyclic amines) is 2. The fraction of sp³-hybridized carbons (Fsp3) is 0.419. The summed E-state index contributed by atoms with van der Waals surface area (Å²) in [4.78, 5) is 25.7. The number of carbonyl (C=O) groups is 1. The van der Waals surface area contributed by atoms with Gasteiger partial charge in [-0.15, -0.1) is 0 Å². The van der Waals surface area contributed by atoms with Crippen LogP contribution in [0.1, 0.15) is 49.7 Å². The summed E-state index contributed by atoms with van der Waals surface area (Å²) in [7, 11) is 0. The maximum Gasteiger partial charge on any atom is 0.419 e. The summed E-state index contributed by atoms with van der Waals surface area (Å²) in [5.41, 5.74) is 8.39. The second-order valence-electron chi connectivity index (χ2n) is 11.3. The van der Waals surface area contributed by atoms with Crippen molar-refractivity contribution in [3.05, 3.63) is 66.0 Å². The molecule has 8 nitrogen and oxygen atoms in total. The van der Waals surface area contributed by atoms with Gasteiger partial charge in [-0.2, -0.15) is 18.3 Å². The van der Waals surface area contributed by atoms with Gasteiger partial charge in [0.1, 0.15) is 5.82 Å². The Morgan fingerprint density at radius 2 is 1.60 bits per heavy atom. The van der Waals surface area contributed by atoms with Gasteiger partial charge in [-0.3, -0.25) is 9.69 Å². The number of fused-ring (bicyclic) bond motifs is 1. The molecule has 11 heteroatoms. The number of piperidine rings is 1. The zero-order valence-corrected chi connectivity index (χ0v) is 23.4. The molecule has 220 valence electrons. The molecule has 2 saturated heterocycles. The lowest BCUT2D eigenvalue weighted by Gasteiger charge is -2.34. The van der Waals surface area contributed by atoms with Crippen LogP contribution >= 0.6 is 0 Å². The van der Waals surface area contributed by atoms with E-state index in [0.717, 1.165) is 75.7 Å². The zero-order chi connectivity index (χ0) is 29.3. The molecule has 2 N–H and O–H groups in total. The maximum atomic E-state index is 13.4. The molecule has 0 spiro atoms. The van der Waals surface area contributed by atoms with Crippen LogP contribution in [-0.2, 0) is 17.5 Å². The molecule has 3 aromatic heterocycles. The van der Waals surface area contributed by atoms with Gasteiger partial charge in [0.15, 0.2) is 5.65 Å². The molecule has 6 rings (SSSR count). The van der Waals surface area contributed by atoms with E-state index >= 15 is 0 Å². The predicted octanol–water partition coefficient (Wildman–Crippen LogP) is 5.67. The Morgan fingerprint density at radius 1 is 0.881 bits per heavy atom. The number of nitrogens with two attached hydrogens (primary N) is 1. The first-order valence-electron chi connectivity index (χ1n) is 14.5. The van der Waals surface area contributed by atoms with E-state index in [1.54, 1.807) is 22.8 Å². The van der Waals surface area contributed by atoms with Crippen LogP contribution < -0.4 is 5.73 Å². The van der Waals surface area contributed by atoms with Gasteiger partial charge in [-0.25, -0.2) is 14.5 Å². The van der Waals surface area contributed by atoms with Crippen molar-refractivity contribution in [2.45, 2.75) is 51.2 Å². The molecule has 4 aromatic rings. The Bertz CT molecular complexity index is 1550. The van der Waals surface area contributed by atoms with Crippen LogP contribution in [0.15, 0.2) is 54.9 Å². The average molecular weight is 578 g/mol. The molecular weight excluding hydrogens is 543 g/mol. The molecule has 42 heavy (non-hydrogen) atoms. The number of halogens is 3. The molecule has 2 aliphatic heterocycles. The van der Waals surface area contributed by atoms with Gasteiger partial charge in [0.2, 0.25) is 5.91 Å². The normalized spacial score (nSPS) is 17.5. The van der Waals surface area contributed by atoms with Crippen molar-refractivity contribution < 1.29 is 18.0 Å². The minimum absolute atomic E-state index is 0.137. The number of nitrogens with zero attached hydrogens (tertiary/aromatic N) is 6. The van der Waals surface area contributed by atoms with Gasteiger partial charge in [-0.05, 0) is 62.5 Å². The maximum absolute atomic E-state index is 13.4. The number of nitrogen functional groups attached to an aromatic ring is 1. The van der Waals surface area contributed by atoms with Crippen molar-refractivity contribution in [3.63, 3.8) is 0 Å². The molecular formula is C31H34F3N7O. The highest BCUT2D eigenvalue weighted by atomic mass is 19.4. The SMILES string of the molecule is Nc1ncc(-c2ccc3ncc(-c4ccc(CN5CCC(C(=O)N6CCCCCC6)CC5)cc4)n3n2)cc1C(F)(F)F. The van der Waals surface area contributed by atoms with Gasteiger partial charge in [0.05, 0.1) is 23.1 Å². The van der Waals surface area contributed by atoms with E-state index < -0.39 is 17.6 Å². The van der Waals surface area contributed by atoms with Crippen LogP contribution in [-0.4, -0.2) is 61.5 Å². The molecule has 5 heterocycles. The molecule has 2 aliphatic rings. The predicted molar refractivity (Wildman–Crippen MR) is 154 cm³/mol. The number of hydrogen-bond acceptors (Lipinski definition) is 6. The molecule has 0 bridgehead atoms. The van der Waals surface area contributed by atoms with Crippen LogP contribution in [0.25, 0.3) is 28.2 Å². The number of alkyl halides is 3. The number of amides is 1. The Hall–Kier alpha value is -3.99. The standard InChI is InChI=1S/C31H34F3N7O/c32-31(33,34)25-17-24(18-37-29(25)35)26-9-10-28-36-19-27(41(28)38-26)22-7-5-21(6-8-22)20-39-15-11-23(12-16-39)30(42)40-13-3-1-2-4-14-40/h5-10,17-19,23H,1-4,11-16,20H2,(H2,35,37). The summed E-state index contributed by atoms with van der Waals surface area (Å²) in [6, 6.07) is 12.5. The first-order chi connectivity index (χ1) is 20.3. The number of hydrogen-bond donors (Lipinski definition) is 1. The second-order valence-corrected chi connectivity index (χ2v) is 11.3. The first-order valence-corrected chi connectivity index (χ1v) is 14.5. The van der Waals surface area contributed by atoms with Crippen LogP contribution in [0.4, 0.5) is 19.0 Å². The van der Waals surface area contributed by atoms with Crippen molar-refractivity contribution in [1.82, 2.24) is 29.4 Å². The lowest BCUT2D eigenvalue weighted by Crippen LogP contribution is -2.42. The number of imidazole rings is 1. The summed E-state index contributed by atoms with van der Waals surface area (Å²) >= 11 is 0. The Balaban J connectivity index is 1.12. The summed E-state index contributed by atoms with van der Waals surface area (Å²) in [6.07, 6.45) is 4.87. The second kappa shape index (κ2) is 11.7. The van der Waals surface area contributed by atoms with Crippen molar-refractivity contribution >= 4 is 17.4 Å². The summed E-state index contributed by atoms with van der Waals surface area (Å²) < 4.78 is 41.7. The van der Waals surface area contributed by atoms with E-state index in [0.29, 0.717) is 17.2 Å². The highest BCUT2D eigenvalue weighted by Crippen LogP contribution is 2.35. The minimum Gasteiger partial charge on any atom is -0.383 e. The number of carbonyl (C=O) groups excluding carboxylic acids is 1. The van der Waals surface area contributed by atoms with Crippen molar-refractivity contribution in [2.24, 2.45) is 5.92 Å². The van der Waals surface area contributed by atoms with Crippen molar-refractivity contribution in [2.75, 3.05) is 31.9 Å². The monoisotopic (exact) mass is 577 g/mol. The zero-order valence-electron chi connectivity index (χ0n) is 23.4. The van der Waals surface area contributed by atoms with Gasteiger partial charge >= 0.3 is 6.18 Å². The number of benzene rings is 1. The quantitative estimate of drug-likeness (QED) is 0.329. The number of rotatable bonds is 5. The van der Waals surface area contributed by atoms with Crippen LogP contribution in [0.3, 0.4) is 0 Å². The summed E-state index contributed by atoms with van der Waals surface area (Å²) in [5.74, 6) is -0.0843. The van der Waals surface area contributed by atoms with E-state index in [2.05, 4.69) is 37.0 Å². The molecule has 0 radical (unpaired) electrons. The van der Waals surface area contributed by atoms with Gasteiger partial charge in [0.25, 0.3) is 0 Å². The Morgan fingerprint density at radius 3 is 2.29 bits per heavy atom. The fourth-order valence-corrected chi connectivity index (χ4v) is 5.99. The Labute approximate surface area is 242 Å². The molecule has 0 atom stereocenters. The van der Waals surface area contributed by atoms with Gasteiger partial charge in [0, 0.05) is 42.9 Å². The van der Waals surface area contributed by atoms with Crippen LogP contribution in [0.5, 0.6) is 0 Å². The van der Waals surface area contributed by atoms with Gasteiger partial charge < -0.3 is 10.6 Å². The first kappa shape index (κ1) is 28.1. The van der Waals surface area contributed by atoms with E-state index in [1.807, 2.05) is 12.1 Å². The molecule has 0 unspecified atom stereocenters. The fourth-order valence-electron chi connectivity index (χ4n) is 5.99. The third-order valence-corrected chi connectivity index (χ3v) is 8.39. The number of aromatic nitrogens is 4. The summed E-state index contributed by atoms with van der Waals surface area (Å²) in [5, 5.41) is 4.58. The van der Waals surface area contributed by atoms with Crippen molar-refractivity contribution in [1.29, 1.82) is 0 Å². The third-order valence-electron chi connectivity index (χ3n) is 8.39. The lowest BCUT2D eigenvalue weighted by atomic mass is 9.94. The highest BCUT2D eigenvalue weighted by molar-refractivity contribution is 5.79. The molecule has 0 saturated carbocycles. The Kier molecular flexibility index (Phi) is 7.85. The summed E-state index contributed by atoms with van der Waals surface area (Å²) in [6.45, 7) is 4.44. The molecule has 2 fully saturated rings. The van der Waals surface area contributed by atoms with Crippen molar-refractivity contribution in [3.8, 4) is 22.5 Å². The largest absolute Gasteiger partial charge is 0.419 e. The number of anilines is 1.